The van der Waals surface area contributed by atoms with Gasteiger partial charge in [0.2, 0.25) is 0 Å². The highest BCUT2D eigenvalue weighted by atomic mass is 19.1. The number of benzene rings is 1. The van der Waals surface area contributed by atoms with Crippen LogP contribution in [0.2, 0.25) is 0 Å². The molecule has 0 unspecified atom stereocenters. The van der Waals surface area contributed by atoms with Crippen LogP contribution < -0.4 is 10.6 Å². The van der Waals surface area contributed by atoms with Gasteiger partial charge in [-0.2, -0.15) is 0 Å². The van der Waals surface area contributed by atoms with E-state index in [2.05, 4.69) is 39.4 Å². The topological polar surface area (TPSA) is 42.9 Å². The minimum atomic E-state index is -0.187. The van der Waals surface area contributed by atoms with Gasteiger partial charge in [-0.3, -0.25) is 4.99 Å². The van der Waals surface area contributed by atoms with Crippen LogP contribution in [-0.2, 0) is 6.54 Å². The normalized spacial score (nSPS) is 16.9. The number of nitrogens with one attached hydrogen (secondary N) is 2. The summed E-state index contributed by atoms with van der Waals surface area (Å²) < 4.78 is 13.0. The van der Waals surface area contributed by atoms with Gasteiger partial charge in [0.15, 0.2) is 5.96 Å². The van der Waals surface area contributed by atoms with Gasteiger partial charge in [0, 0.05) is 45.8 Å². The largest absolute Gasteiger partial charge is 0.355 e. The van der Waals surface area contributed by atoms with Gasteiger partial charge in [0.05, 0.1) is 0 Å². The highest BCUT2D eigenvalue weighted by molar-refractivity contribution is 5.79. The van der Waals surface area contributed by atoms with Crippen molar-refractivity contribution in [2.45, 2.75) is 38.8 Å². The van der Waals surface area contributed by atoms with Crippen LogP contribution in [0.1, 0.15) is 31.7 Å². The second kappa shape index (κ2) is 11.1. The number of rotatable bonds is 8. The molecule has 0 saturated carbocycles. The van der Waals surface area contributed by atoms with E-state index in [1.165, 1.54) is 51.0 Å². The number of hydrogen-bond acceptors (Lipinski definition) is 3. The number of nitrogens with zero attached hydrogens (tertiary/aromatic N) is 3. The number of guanidine groups is 1. The molecule has 5 nitrogen and oxygen atoms in total. The molecule has 1 heterocycles. The standard InChI is InChI=1S/C20H34FN5/c1-4-12-26-13-9-19(10-14-26)24-20(22-2)23-11-15-25(3)16-17-5-7-18(21)8-6-17/h5-8,19H,4,9-16H2,1-3H3,(H2,22,23,24). The van der Waals surface area contributed by atoms with Gasteiger partial charge in [-0.25, -0.2) is 4.39 Å². The average Bonchev–Trinajstić information content (AvgIpc) is 2.64. The smallest absolute Gasteiger partial charge is 0.191 e. The Kier molecular flexibility index (Phi) is 8.85. The van der Waals surface area contributed by atoms with Crippen molar-refractivity contribution in [1.29, 1.82) is 0 Å². The first-order valence-electron chi connectivity index (χ1n) is 9.73. The fourth-order valence-corrected chi connectivity index (χ4v) is 3.35. The maximum atomic E-state index is 13.0. The summed E-state index contributed by atoms with van der Waals surface area (Å²) in [4.78, 5) is 9.11. The van der Waals surface area contributed by atoms with Crippen LogP contribution in [-0.4, -0.2) is 68.6 Å². The number of hydrogen-bond donors (Lipinski definition) is 2. The second-order valence-electron chi connectivity index (χ2n) is 7.12. The Morgan fingerprint density at radius 2 is 1.96 bits per heavy atom. The number of likely N-dealkylation sites (tertiary alicyclic amines) is 1. The maximum Gasteiger partial charge on any atom is 0.191 e. The summed E-state index contributed by atoms with van der Waals surface area (Å²) >= 11 is 0. The first-order valence-corrected chi connectivity index (χ1v) is 9.73. The lowest BCUT2D eigenvalue weighted by molar-refractivity contribution is 0.206. The van der Waals surface area contributed by atoms with Crippen molar-refractivity contribution in [2.75, 3.05) is 46.8 Å². The van der Waals surface area contributed by atoms with Gasteiger partial charge in [0.1, 0.15) is 5.82 Å². The lowest BCUT2D eigenvalue weighted by atomic mass is 10.1. The number of piperidine rings is 1. The van der Waals surface area contributed by atoms with Gasteiger partial charge < -0.3 is 20.4 Å². The molecule has 1 aliphatic heterocycles. The van der Waals surface area contributed by atoms with E-state index in [9.17, 15) is 4.39 Å². The molecule has 0 aromatic heterocycles. The molecule has 1 fully saturated rings. The fraction of sp³-hybridized carbons (Fsp3) is 0.650. The third-order valence-corrected chi connectivity index (χ3v) is 4.84. The summed E-state index contributed by atoms with van der Waals surface area (Å²) in [6, 6.07) is 7.21. The molecule has 1 saturated heterocycles. The van der Waals surface area contributed by atoms with Crippen LogP contribution in [0.4, 0.5) is 4.39 Å². The second-order valence-corrected chi connectivity index (χ2v) is 7.12. The van der Waals surface area contributed by atoms with E-state index in [-0.39, 0.29) is 5.82 Å². The Labute approximate surface area is 157 Å². The zero-order valence-electron chi connectivity index (χ0n) is 16.5. The van der Waals surface area contributed by atoms with Gasteiger partial charge in [-0.1, -0.05) is 19.1 Å². The summed E-state index contributed by atoms with van der Waals surface area (Å²) in [6.45, 7) is 8.32. The van der Waals surface area contributed by atoms with E-state index in [1.54, 1.807) is 0 Å². The molecule has 0 bridgehead atoms. The van der Waals surface area contributed by atoms with Crippen LogP contribution in [0.25, 0.3) is 0 Å². The number of halogens is 1. The lowest BCUT2D eigenvalue weighted by Crippen LogP contribution is -2.49. The van der Waals surface area contributed by atoms with Gasteiger partial charge >= 0.3 is 0 Å². The highest BCUT2D eigenvalue weighted by Crippen LogP contribution is 2.10. The van der Waals surface area contributed by atoms with Crippen molar-refractivity contribution in [3.63, 3.8) is 0 Å². The van der Waals surface area contributed by atoms with Crippen LogP contribution in [0.5, 0.6) is 0 Å². The van der Waals surface area contributed by atoms with Crippen LogP contribution >= 0.6 is 0 Å². The van der Waals surface area contributed by atoms with Gasteiger partial charge in [0.25, 0.3) is 0 Å². The average molecular weight is 364 g/mol. The predicted octanol–water partition coefficient (Wildman–Crippen LogP) is 2.30. The lowest BCUT2D eigenvalue weighted by Gasteiger charge is -2.32. The molecular weight excluding hydrogens is 329 g/mol. The van der Waals surface area contributed by atoms with Crippen molar-refractivity contribution in [2.24, 2.45) is 4.99 Å². The van der Waals surface area contributed by atoms with Crippen molar-refractivity contribution >= 4 is 5.96 Å². The molecule has 146 valence electrons. The summed E-state index contributed by atoms with van der Waals surface area (Å²) in [7, 11) is 3.90. The zero-order chi connectivity index (χ0) is 18.8. The first-order chi connectivity index (χ1) is 12.6. The predicted molar refractivity (Wildman–Crippen MR) is 107 cm³/mol. The number of aliphatic imine (C=N–C) groups is 1. The monoisotopic (exact) mass is 363 g/mol. The quantitative estimate of drug-likeness (QED) is 0.549. The van der Waals surface area contributed by atoms with Crippen molar-refractivity contribution in [3.05, 3.63) is 35.6 Å². The molecule has 26 heavy (non-hydrogen) atoms. The fourth-order valence-electron chi connectivity index (χ4n) is 3.35. The number of likely N-dealkylation sites (N-methyl/N-ethyl adjacent to an activating group) is 1. The molecule has 2 rings (SSSR count). The Morgan fingerprint density at radius 1 is 1.27 bits per heavy atom. The molecular formula is C20H34FN5. The highest BCUT2D eigenvalue weighted by Gasteiger charge is 2.19. The van der Waals surface area contributed by atoms with Crippen LogP contribution in [0.3, 0.4) is 0 Å². The van der Waals surface area contributed by atoms with Crippen LogP contribution in [0.15, 0.2) is 29.3 Å². The third kappa shape index (κ3) is 7.30. The summed E-state index contributed by atoms with van der Waals surface area (Å²) in [5.41, 5.74) is 1.12. The molecule has 1 aromatic rings. The molecule has 0 atom stereocenters. The Balaban J connectivity index is 1.64. The molecule has 0 aliphatic carbocycles. The van der Waals surface area contributed by atoms with E-state index in [0.29, 0.717) is 6.04 Å². The SMILES string of the molecule is CCCN1CCC(NC(=NC)NCCN(C)Cc2ccc(F)cc2)CC1. The molecule has 0 radical (unpaired) electrons. The van der Waals surface area contributed by atoms with E-state index < -0.39 is 0 Å². The van der Waals surface area contributed by atoms with Gasteiger partial charge in [-0.15, -0.1) is 0 Å². The van der Waals surface area contributed by atoms with Crippen molar-refractivity contribution in [3.8, 4) is 0 Å². The van der Waals surface area contributed by atoms with E-state index in [1.807, 2.05) is 19.2 Å². The van der Waals surface area contributed by atoms with Gasteiger partial charge in [-0.05, 0) is 50.6 Å². The first kappa shape index (κ1) is 20.6. The Bertz CT molecular complexity index is 538. The third-order valence-electron chi connectivity index (χ3n) is 4.84. The molecule has 0 amide bonds. The minimum absolute atomic E-state index is 0.187. The van der Waals surface area contributed by atoms with E-state index >= 15 is 0 Å². The van der Waals surface area contributed by atoms with E-state index in [4.69, 9.17) is 0 Å². The van der Waals surface area contributed by atoms with Crippen LogP contribution in [0, 0.1) is 5.82 Å². The Morgan fingerprint density at radius 3 is 2.58 bits per heavy atom. The van der Waals surface area contributed by atoms with Crippen molar-refractivity contribution < 1.29 is 4.39 Å². The maximum absolute atomic E-state index is 13.0. The molecule has 1 aliphatic rings. The molecule has 1 aromatic carbocycles. The molecule has 2 N–H and O–H groups in total. The summed E-state index contributed by atoms with van der Waals surface area (Å²) in [5.74, 6) is 0.697. The van der Waals surface area contributed by atoms with Crippen molar-refractivity contribution in [1.82, 2.24) is 20.4 Å². The molecule has 6 heteroatoms. The minimum Gasteiger partial charge on any atom is -0.355 e. The summed E-state index contributed by atoms with van der Waals surface area (Å²) in [5, 5.41) is 6.95. The molecule has 0 spiro atoms. The summed E-state index contributed by atoms with van der Waals surface area (Å²) in [6.07, 6.45) is 3.57. The zero-order valence-corrected chi connectivity index (χ0v) is 16.5. The van der Waals surface area contributed by atoms with E-state index in [0.717, 1.165) is 31.2 Å². The Hall–Kier alpha value is -1.66.